The lowest BCUT2D eigenvalue weighted by atomic mass is 10.2. The van der Waals surface area contributed by atoms with Crippen molar-refractivity contribution >= 4 is 46.1 Å². The molecule has 3 heterocycles. The van der Waals surface area contributed by atoms with Gasteiger partial charge in [0.15, 0.2) is 0 Å². The highest BCUT2D eigenvalue weighted by Gasteiger charge is 2.28. The minimum Gasteiger partial charge on any atom is -0.321 e. The third-order valence-electron chi connectivity index (χ3n) is 4.21. The van der Waals surface area contributed by atoms with Gasteiger partial charge in [-0.2, -0.15) is 11.3 Å². The van der Waals surface area contributed by atoms with E-state index in [1.54, 1.807) is 41.0 Å². The quantitative estimate of drug-likeness (QED) is 0.665. The maximum absolute atomic E-state index is 12.4. The number of nitrogens with zero attached hydrogens (tertiary/aromatic N) is 2. The number of hydrogen-bond donors (Lipinski definition) is 1. The third kappa shape index (κ3) is 3.81. The molecule has 1 saturated heterocycles. The number of aromatic nitrogens is 1. The smallest absolute Gasteiger partial charge is 0.275 e. The molecule has 3 amide bonds. The molecule has 0 unspecified atom stereocenters. The van der Waals surface area contributed by atoms with E-state index in [-0.39, 0.29) is 37.1 Å². The monoisotopic (exact) mass is 397 g/mol. The maximum Gasteiger partial charge on any atom is 0.275 e. The molecule has 1 N–H and O–H groups in total. The Labute approximate surface area is 163 Å². The normalized spacial score (nSPS) is 14.0. The van der Waals surface area contributed by atoms with Gasteiger partial charge in [0.05, 0.1) is 6.54 Å². The van der Waals surface area contributed by atoms with Crippen molar-refractivity contribution in [2.45, 2.75) is 19.4 Å². The lowest BCUT2D eigenvalue weighted by molar-refractivity contribution is -0.139. The highest BCUT2D eigenvalue weighted by Crippen LogP contribution is 2.26. The number of thiazole rings is 1. The van der Waals surface area contributed by atoms with E-state index in [0.29, 0.717) is 11.4 Å². The first kappa shape index (κ1) is 17.6. The van der Waals surface area contributed by atoms with Crippen molar-refractivity contribution in [2.75, 3.05) is 5.32 Å². The van der Waals surface area contributed by atoms with Gasteiger partial charge in [0.1, 0.15) is 10.7 Å². The van der Waals surface area contributed by atoms with Crippen molar-refractivity contribution in [1.82, 2.24) is 9.88 Å². The largest absolute Gasteiger partial charge is 0.321 e. The van der Waals surface area contributed by atoms with Crippen LogP contribution in [0.15, 0.2) is 46.5 Å². The van der Waals surface area contributed by atoms with Crippen molar-refractivity contribution in [3.8, 4) is 10.6 Å². The summed E-state index contributed by atoms with van der Waals surface area (Å²) in [6, 6.07) is 9.08. The van der Waals surface area contributed by atoms with Gasteiger partial charge in [-0.05, 0) is 29.1 Å². The number of likely N-dealkylation sites (tertiary alicyclic amines) is 1. The molecule has 0 atom stereocenters. The lowest BCUT2D eigenvalue weighted by Gasteiger charge is -2.14. The molecule has 0 radical (unpaired) electrons. The van der Waals surface area contributed by atoms with Gasteiger partial charge in [-0.1, -0.05) is 12.1 Å². The molecule has 27 heavy (non-hydrogen) atoms. The van der Waals surface area contributed by atoms with Crippen molar-refractivity contribution in [1.29, 1.82) is 0 Å². The SMILES string of the molecule is O=C(Nc1ccc(CN2C(=O)CCC2=O)cc1)c1csc(-c2ccsc2)n1. The van der Waals surface area contributed by atoms with E-state index in [1.165, 1.54) is 16.2 Å². The molecule has 0 bridgehead atoms. The Hall–Kier alpha value is -2.84. The summed E-state index contributed by atoms with van der Waals surface area (Å²) in [4.78, 5) is 41.4. The molecule has 1 aliphatic heterocycles. The molecule has 1 fully saturated rings. The van der Waals surface area contributed by atoms with Crippen LogP contribution in [0.25, 0.3) is 10.6 Å². The van der Waals surface area contributed by atoms with Crippen LogP contribution < -0.4 is 5.32 Å². The van der Waals surface area contributed by atoms with Crippen LogP contribution in [-0.2, 0) is 16.1 Å². The summed E-state index contributed by atoms with van der Waals surface area (Å²) in [5.41, 5.74) is 2.86. The van der Waals surface area contributed by atoms with E-state index >= 15 is 0 Å². The van der Waals surface area contributed by atoms with Gasteiger partial charge in [0, 0.05) is 34.9 Å². The Morgan fingerprint density at radius 2 is 1.81 bits per heavy atom. The van der Waals surface area contributed by atoms with Gasteiger partial charge in [0.2, 0.25) is 11.8 Å². The summed E-state index contributed by atoms with van der Waals surface area (Å²) in [6.45, 7) is 0.266. The van der Waals surface area contributed by atoms with Gasteiger partial charge in [-0.3, -0.25) is 19.3 Å². The van der Waals surface area contributed by atoms with Crippen molar-refractivity contribution in [3.63, 3.8) is 0 Å². The second-order valence-electron chi connectivity index (χ2n) is 6.07. The summed E-state index contributed by atoms with van der Waals surface area (Å²) >= 11 is 3.02. The average Bonchev–Trinajstić information content (AvgIpc) is 3.40. The zero-order chi connectivity index (χ0) is 18.8. The Bertz CT molecular complexity index is 978. The van der Waals surface area contributed by atoms with Gasteiger partial charge in [-0.25, -0.2) is 4.98 Å². The Kier molecular flexibility index (Phi) is 4.83. The van der Waals surface area contributed by atoms with E-state index in [0.717, 1.165) is 16.1 Å². The number of benzene rings is 1. The third-order valence-corrected chi connectivity index (χ3v) is 5.79. The summed E-state index contributed by atoms with van der Waals surface area (Å²) in [5, 5.41) is 9.34. The minimum absolute atomic E-state index is 0.137. The van der Waals surface area contributed by atoms with E-state index in [9.17, 15) is 14.4 Å². The minimum atomic E-state index is -0.273. The maximum atomic E-state index is 12.4. The van der Waals surface area contributed by atoms with E-state index < -0.39 is 0 Å². The van der Waals surface area contributed by atoms with Crippen molar-refractivity contribution in [2.24, 2.45) is 0 Å². The molecule has 2 aromatic heterocycles. The Morgan fingerprint density at radius 1 is 1.07 bits per heavy atom. The summed E-state index contributed by atoms with van der Waals surface area (Å²) in [7, 11) is 0. The average molecular weight is 397 g/mol. The number of hydrogen-bond acceptors (Lipinski definition) is 6. The molecule has 0 aliphatic carbocycles. The molecule has 3 aromatic rings. The first-order valence-electron chi connectivity index (χ1n) is 8.32. The fourth-order valence-corrected chi connectivity index (χ4v) is 4.28. The number of amides is 3. The number of imide groups is 1. The van der Waals surface area contributed by atoms with Crippen LogP contribution in [-0.4, -0.2) is 27.6 Å². The van der Waals surface area contributed by atoms with E-state index in [2.05, 4.69) is 10.3 Å². The number of anilines is 1. The molecule has 4 rings (SSSR count). The predicted molar refractivity (Wildman–Crippen MR) is 105 cm³/mol. The predicted octanol–water partition coefficient (Wildman–Crippen LogP) is 3.77. The molecular formula is C19H15N3O3S2. The van der Waals surface area contributed by atoms with Gasteiger partial charge in [-0.15, -0.1) is 11.3 Å². The molecular weight excluding hydrogens is 382 g/mol. The first-order chi connectivity index (χ1) is 13.1. The Balaban J connectivity index is 1.40. The van der Waals surface area contributed by atoms with Crippen LogP contribution in [0.2, 0.25) is 0 Å². The summed E-state index contributed by atoms with van der Waals surface area (Å²) in [6.07, 6.45) is 0.571. The van der Waals surface area contributed by atoms with Crippen molar-refractivity contribution < 1.29 is 14.4 Å². The van der Waals surface area contributed by atoms with Crippen molar-refractivity contribution in [3.05, 3.63) is 57.7 Å². The molecule has 0 spiro atoms. The van der Waals surface area contributed by atoms with E-state index in [4.69, 9.17) is 0 Å². The molecule has 0 saturated carbocycles. The molecule has 8 heteroatoms. The highest BCUT2D eigenvalue weighted by molar-refractivity contribution is 7.14. The molecule has 1 aromatic carbocycles. The number of thiophene rings is 1. The van der Waals surface area contributed by atoms with Crippen LogP contribution in [0.3, 0.4) is 0 Å². The highest BCUT2D eigenvalue weighted by atomic mass is 32.1. The number of rotatable bonds is 5. The van der Waals surface area contributed by atoms with E-state index in [1.807, 2.05) is 16.8 Å². The molecule has 6 nitrogen and oxygen atoms in total. The van der Waals surface area contributed by atoms with Gasteiger partial charge >= 0.3 is 0 Å². The van der Waals surface area contributed by atoms with Gasteiger partial charge < -0.3 is 5.32 Å². The Morgan fingerprint density at radius 3 is 2.48 bits per heavy atom. The topological polar surface area (TPSA) is 79.4 Å². The summed E-state index contributed by atoms with van der Waals surface area (Å²) < 4.78 is 0. The zero-order valence-electron chi connectivity index (χ0n) is 14.2. The second kappa shape index (κ2) is 7.42. The van der Waals surface area contributed by atoms with Crippen LogP contribution >= 0.6 is 22.7 Å². The van der Waals surface area contributed by atoms with Crippen LogP contribution in [0.5, 0.6) is 0 Å². The van der Waals surface area contributed by atoms with Gasteiger partial charge in [0.25, 0.3) is 5.91 Å². The fraction of sp³-hybridized carbons (Fsp3) is 0.158. The first-order valence-corrected chi connectivity index (χ1v) is 10.1. The standard InChI is InChI=1S/C19H15N3O3S2/c23-16-5-6-17(24)22(16)9-12-1-3-14(4-2-12)20-18(25)15-11-27-19(21-15)13-7-8-26-10-13/h1-4,7-8,10-11H,5-6,9H2,(H,20,25). The molecule has 136 valence electrons. The molecule has 1 aliphatic rings. The fourth-order valence-electron chi connectivity index (χ4n) is 2.77. The lowest BCUT2D eigenvalue weighted by Crippen LogP contribution is -2.28. The second-order valence-corrected chi connectivity index (χ2v) is 7.71. The number of nitrogens with one attached hydrogen (secondary N) is 1. The number of carbonyl (C=O) groups is 3. The zero-order valence-corrected chi connectivity index (χ0v) is 15.8. The summed E-state index contributed by atoms with van der Waals surface area (Å²) in [5.74, 6) is -0.546. The van der Waals surface area contributed by atoms with Crippen LogP contribution in [0.1, 0.15) is 28.9 Å². The van der Waals surface area contributed by atoms with Crippen LogP contribution in [0.4, 0.5) is 5.69 Å². The number of carbonyl (C=O) groups excluding carboxylic acids is 3. The van der Waals surface area contributed by atoms with Crippen LogP contribution in [0, 0.1) is 0 Å².